The van der Waals surface area contributed by atoms with E-state index < -0.39 is 0 Å². The molecule has 108 valence electrons. The van der Waals surface area contributed by atoms with Crippen molar-refractivity contribution in [3.05, 3.63) is 11.9 Å². The number of rotatable bonds is 7. The third-order valence-electron chi connectivity index (χ3n) is 2.80. The van der Waals surface area contributed by atoms with Gasteiger partial charge in [0, 0.05) is 13.1 Å². The fourth-order valence-electron chi connectivity index (χ4n) is 2.13. The van der Waals surface area contributed by atoms with Gasteiger partial charge in [-0.05, 0) is 33.4 Å². The van der Waals surface area contributed by atoms with Gasteiger partial charge < -0.3 is 15.0 Å². The van der Waals surface area contributed by atoms with E-state index in [9.17, 15) is 0 Å². The summed E-state index contributed by atoms with van der Waals surface area (Å²) in [4.78, 5) is 10.6. The molecule has 0 saturated carbocycles. The second kappa shape index (κ2) is 6.70. The smallest absolute Gasteiger partial charge is 0.221 e. The van der Waals surface area contributed by atoms with Crippen molar-refractivity contribution in [2.45, 2.75) is 27.7 Å². The molecule has 0 saturated heterocycles. The number of ether oxygens (including phenoxy) is 1. The molecule has 1 aromatic rings. The minimum absolute atomic E-state index is 0.173. The number of hydrogen-bond acceptors (Lipinski definition) is 5. The maximum atomic E-state index is 5.47. The van der Waals surface area contributed by atoms with E-state index in [1.807, 2.05) is 13.8 Å². The quantitative estimate of drug-likeness (QED) is 0.820. The molecule has 1 aromatic heterocycles. The summed E-state index contributed by atoms with van der Waals surface area (Å²) in [7, 11) is 4.18. The molecule has 0 aromatic carbocycles. The van der Waals surface area contributed by atoms with Gasteiger partial charge in [0.1, 0.15) is 12.1 Å². The minimum Gasteiger partial charge on any atom is -0.478 e. The molecular formula is C14H26N4O. The van der Waals surface area contributed by atoms with Gasteiger partial charge in [-0.3, -0.25) is 0 Å². The zero-order valence-electron chi connectivity index (χ0n) is 12.9. The van der Waals surface area contributed by atoms with Gasteiger partial charge in [-0.25, -0.2) is 9.97 Å². The highest BCUT2D eigenvalue weighted by molar-refractivity contribution is 5.47. The summed E-state index contributed by atoms with van der Waals surface area (Å²) in [6, 6.07) is 0. The fraction of sp³-hybridized carbons (Fsp3) is 0.714. The lowest BCUT2D eigenvalue weighted by Crippen LogP contribution is -2.34. The molecule has 0 bridgehead atoms. The summed E-state index contributed by atoms with van der Waals surface area (Å²) in [5.41, 5.74) is 1.14. The van der Waals surface area contributed by atoms with Crippen LogP contribution in [-0.2, 0) is 0 Å². The number of hydrogen-bond donors (Lipinski definition) is 1. The van der Waals surface area contributed by atoms with Gasteiger partial charge in [0.25, 0.3) is 0 Å². The van der Waals surface area contributed by atoms with Crippen LogP contribution in [-0.4, -0.2) is 48.7 Å². The molecule has 0 aliphatic heterocycles. The molecule has 0 spiro atoms. The van der Waals surface area contributed by atoms with Crippen LogP contribution in [0.5, 0.6) is 5.88 Å². The molecule has 1 rings (SSSR count). The SMILES string of the molecule is CCOc1ncnc(NCC(C)(C)CN(C)C)c1C. The van der Waals surface area contributed by atoms with Gasteiger partial charge in [-0.2, -0.15) is 0 Å². The van der Waals surface area contributed by atoms with E-state index in [1.54, 1.807) is 6.33 Å². The maximum Gasteiger partial charge on any atom is 0.221 e. The van der Waals surface area contributed by atoms with E-state index in [2.05, 4.69) is 48.1 Å². The third-order valence-corrected chi connectivity index (χ3v) is 2.80. The van der Waals surface area contributed by atoms with Crippen molar-refractivity contribution in [3.8, 4) is 5.88 Å². The van der Waals surface area contributed by atoms with Crippen molar-refractivity contribution in [2.24, 2.45) is 5.41 Å². The molecule has 0 radical (unpaired) electrons. The van der Waals surface area contributed by atoms with Crippen LogP contribution in [0, 0.1) is 12.3 Å². The van der Waals surface area contributed by atoms with E-state index in [0.29, 0.717) is 12.5 Å². The van der Waals surface area contributed by atoms with Gasteiger partial charge in [0.05, 0.1) is 12.2 Å². The van der Waals surface area contributed by atoms with E-state index in [1.165, 1.54) is 0 Å². The number of anilines is 1. The Kier molecular flexibility index (Phi) is 5.54. The second-order valence-electron chi connectivity index (χ2n) is 5.84. The Hall–Kier alpha value is -1.36. The Bertz CT molecular complexity index is 404. The second-order valence-corrected chi connectivity index (χ2v) is 5.84. The van der Waals surface area contributed by atoms with Gasteiger partial charge >= 0.3 is 0 Å². The molecule has 19 heavy (non-hydrogen) atoms. The maximum absolute atomic E-state index is 5.47. The Labute approximate surface area is 116 Å². The van der Waals surface area contributed by atoms with Crippen molar-refractivity contribution in [1.82, 2.24) is 14.9 Å². The van der Waals surface area contributed by atoms with Gasteiger partial charge in [0.2, 0.25) is 5.88 Å². The molecule has 1 N–H and O–H groups in total. The Morgan fingerprint density at radius 2 is 2.00 bits per heavy atom. The average molecular weight is 266 g/mol. The molecule has 0 fully saturated rings. The van der Waals surface area contributed by atoms with E-state index in [-0.39, 0.29) is 5.41 Å². The standard InChI is InChI=1S/C14H26N4O/c1-7-19-13-11(2)12(16-10-17-13)15-8-14(3,4)9-18(5)6/h10H,7-9H2,1-6H3,(H,15,16,17). The minimum atomic E-state index is 0.173. The first kappa shape index (κ1) is 15.7. The highest BCUT2D eigenvalue weighted by Crippen LogP contribution is 2.22. The lowest BCUT2D eigenvalue weighted by atomic mass is 9.93. The third kappa shape index (κ3) is 5.03. The van der Waals surface area contributed by atoms with Crippen molar-refractivity contribution in [2.75, 3.05) is 39.1 Å². The van der Waals surface area contributed by atoms with Gasteiger partial charge in [-0.15, -0.1) is 0 Å². The molecule has 0 amide bonds. The van der Waals surface area contributed by atoms with Crippen LogP contribution >= 0.6 is 0 Å². The van der Waals surface area contributed by atoms with Crippen LogP contribution in [0.3, 0.4) is 0 Å². The van der Waals surface area contributed by atoms with Crippen molar-refractivity contribution in [3.63, 3.8) is 0 Å². The normalized spacial score (nSPS) is 11.7. The molecule has 0 atom stereocenters. The van der Waals surface area contributed by atoms with Crippen LogP contribution in [0.15, 0.2) is 6.33 Å². The van der Waals surface area contributed by atoms with Crippen LogP contribution in [0.2, 0.25) is 0 Å². The molecule has 0 aliphatic rings. The number of nitrogens with zero attached hydrogens (tertiary/aromatic N) is 3. The molecule has 1 heterocycles. The number of nitrogens with one attached hydrogen (secondary N) is 1. The molecule has 0 aliphatic carbocycles. The summed E-state index contributed by atoms with van der Waals surface area (Å²) in [5.74, 6) is 1.51. The summed E-state index contributed by atoms with van der Waals surface area (Å²) in [5, 5.41) is 3.40. The van der Waals surface area contributed by atoms with E-state index >= 15 is 0 Å². The first-order valence-electron chi connectivity index (χ1n) is 6.68. The van der Waals surface area contributed by atoms with Crippen LogP contribution in [0.1, 0.15) is 26.3 Å². The first-order valence-corrected chi connectivity index (χ1v) is 6.68. The zero-order chi connectivity index (χ0) is 14.5. The van der Waals surface area contributed by atoms with Crippen molar-refractivity contribution >= 4 is 5.82 Å². The lowest BCUT2D eigenvalue weighted by molar-refractivity contribution is 0.254. The fourth-order valence-corrected chi connectivity index (χ4v) is 2.13. The molecule has 0 unspecified atom stereocenters. The molecular weight excluding hydrogens is 240 g/mol. The van der Waals surface area contributed by atoms with Crippen LogP contribution < -0.4 is 10.1 Å². The first-order chi connectivity index (χ1) is 8.85. The number of aromatic nitrogens is 2. The van der Waals surface area contributed by atoms with E-state index in [4.69, 9.17) is 4.74 Å². The Balaban J connectivity index is 2.70. The highest BCUT2D eigenvalue weighted by Gasteiger charge is 2.19. The predicted octanol–water partition coefficient (Wildman–Crippen LogP) is 2.18. The Morgan fingerprint density at radius 3 is 2.58 bits per heavy atom. The van der Waals surface area contributed by atoms with Gasteiger partial charge in [-0.1, -0.05) is 13.8 Å². The van der Waals surface area contributed by atoms with E-state index in [0.717, 1.165) is 24.5 Å². The van der Waals surface area contributed by atoms with Gasteiger partial charge in [0.15, 0.2) is 0 Å². The highest BCUT2D eigenvalue weighted by atomic mass is 16.5. The van der Waals surface area contributed by atoms with Crippen LogP contribution in [0.4, 0.5) is 5.82 Å². The molecule has 5 nitrogen and oxygen atoms in total. The van der Waals surface area contributed by atoms with Crippen molar-refractivity contribution in [1.29, 1.82) is 0 Å². The zero-order valence-corrected chi connectivity index (χ0v) is 12.9. The summed E-state index contributed by atoms with van der Waals surface area (Å²) < 4.78 is 5.47. The monoisotopic (exact) mass is 266 g/mol. The predicted molar refractivity (Wildman–Crippen MR) is 78.8 cm³/mol. The Morgan fingerprint density at radius 1 is 1.32 bits per heavy atom. The topological polar surface area (TPSA) is 50.3 Å². The summed E-state index contributed by atoms with van der Waals surface area (Å²) >= 11 is 0. The van der Waals surface area contributed by atoms with Crippen molar-refractivity contribution < 1.29 is 4.74 Å². The lowest BCUT2D eigenvalue weighted by Gasteiger charge is -2.29. The summed E-state index contributed by atoms with van der Waals surface area (Å²) in [6.07, 6.45) is 1.54. The molecule has 5 heteroatoms. The average Bonchev–Trinajstić information content (AvgIpc) is 2.29. The summed E-state index contributed by atoms with van der Waals surface area (Å²) in [6.45, 7) is 10.9. The largest absolute Gasteiger partial charge is 0.478 e. The van der Waals surface area contributed by atoms with Crippen LogP contribution in [0.25, 0.3) is 0 Å².